The Bertz CT molecular complexity index is 1020. The number of hydrogen-bond acceptors (Lipinski definition) is 3. The summed E-state index contributed by atoms with van der Waals surface area (Å²) in [5, 5.41) is 3.64. The highest BCUT2D eigenvalue weighted by molar-refractivity contribution is 7.99. The lowest BCUT2D eigenvalue weighted by Gasteiger charge is -2.09. The first kappa shape index (κ1) is 18.3. The fourth-order valence-electron chi connectivity index (χ4n) is 2.99. The van der Waals surface area contributed by atoms with Crippen LogP contribution >= 0.6 is 11.8 Å². The first-order valence-electron chi connectivity index (χ1n) is 8.50. The average molecular weight is 366 g/mol. The van der Waals surface area contributed by atoms with Crippen LogP contribution in [0.15, 0.2) is 47.3 Å². The normalized spacial score (nSPS) is 10.9. The van der Waals surface area contributed by atoms with E-state index in [0.717, 1.165) is 33.6 Å². The van der Waals surface area contributed by atoms with Gasteiger partial charge in [-0.3, -0.25) is 9.59 Å². The van der Waals surface area contributed by atoms with E-state index in [4.69, 9.17) is 0 Å². The van der Waals surface area contributed by atoms with Gasteiger partial charge in [0.2, 0.25) is 5.91 Å². The number of amides is 1. The monoisotopic (exact) mass is 366 g/mol. The third-order valence-electron chi connectivity index (χ3n) is 4.25. The summed E-state index contributed by atoms with van der Waals surface area (Å²) >= 11 is 1.48. The minimum Gasteiger partial charge on any atom is -0.357 e. The molecule has 2 aromatic carbocycles. The highest BCUT2D eigenvalue weighted by Gasteiger charge is 2.08. The molecule has 0 unspecified atom stereocenters. The van der Waals surface area contributed by atoms with E-state index in [0.29, 0.717) is 16.9 Å². The third-order valence-corrected chi connectivity index (χ3v) is 5.23. The molecule has 3 aromatic rings. The lowest BCUT2D eigenvalue weighted by atomic mass is 10.1. The van der Waals surface area contributed by atoms with E-state index in [-0.39, 0.29) is 11.3 Å². The maximum absolute atomic E-state index is 12.4. The Balaban J connectivity index is 1.66. The SMILES string of the molecule is Cc1cc(C)c2[nH]c(CSCC(=O)Nc3ccccc3C)cc(=O)c2c1. The van der Waals surface area contributed by atoms with Gasteiger partial charge in [0.25, 0.3) is 0 Å². The van der Waals surface area contributed by atoms with Crippen LogP contribution in [0.25, 0.3) is 10.9 Å². The zero-order valence-electron chi connectivity index (χ0n) is 15.2. The van der Waals surface area contributed by atoms with Crippen LogP contribution in [0.1, 0.15) is 22.4 Å². The Morgan fingerprint density at radius 2 is 1.85 bits per heavy atom. The van der Waals surface area contributed by atoms with Crippen molar-refractivity contribution in [1.82, 2.24) is 4.98 Å². The molecule has 0 aliphatic rings. The number of aromatic amines is 1. The lowest BCUT2D eigenvalue weighted by molar-refractivity contribution is -0.113. The molecule has 0 bridgehead atoms. The summed E-state index contributed by atoms with van der Waals surface area (Å²) in [4.78, 5) is 27.8. The number of aromatic nitrogens is 1. The molecule has 4 nitrogen and oxygen atoms in total. The fourth-order valence-corrected chi connectivity index (χ4v) is 3.73. The van der Waals surface area contributed by atoms with Gasteiger partial charge in [0.1, 0.15) is 0 Å². The van der Waals surface area contributed by atoms with Gasteiger partial charge in [0, 0.05) is 28.6 Å². The largest absolute Gasteiger partial charge is 0.357 e. The Kier molecular flexibility index (Phi) is 5.47. The molecule has 0 aliphatic carbocycles. The van der Waals surface area contributed by atoms with Crippen molar-refractivity contribution in [3.63, 3.8) is 0 Å². The van der Waals surface area contributed by atoms with E-state index >= 15 is 0 Å². The molecule has 0 aliphatic heterocycles. The summed E-state index contributed by atoms with van der Waals surface area (Å²) in [6.07, 6.45) is 0. The molecule has 1 aromatic heterocycles. The number of rotatable bonds is 5. The van der Waals surface area contributed by atoms with Crippen molar-refractivity contribution in [3.05, 3.63) is 75.1 Å². The quantitative estimate of drug-likeness (QED) is 0.707. The molecular weight excluding hydrogens is 344 g/mol. The van der Waals surface area contributed by atoms with Gasteiger partial charge in [0.15, 0.2) is 5.43 Å². The van der Waals surface area contributed by atoms with Crippen LogP contribution in [0, 0.1) is 20.8 Å². The first-order chi connectivity index (χ1) is 12.4. The number of para-hydroxylation sites is 1. The summed E-state index contributed by atoms with van der Waals surface area (Å²) in [6.45, 7) is 5.95. The van der Waals surface area contributed by atoms with Crippen LogP contribution < -0.4 is 10.7 Å². The van der Waals surface area contributed by atoms with Crippen LogP contribution in [0.2, 0.25) is 0 Å². The number of nitrogens with one attached hydrogen (secondary N) is 2. The number of carbonyl (C=O) groups excluding carboxylic acids is 1. The number of aryl methyl sites for hydroxylation is 3. The van der Waals surface area contributed by atoms with E-state index in [2.05, 4.69) is 16.4 Å². The maximum atomic E-state index is 12.4. The third kappa shape index (κ3) is 4.17. The Hall–Kier alpha value is -2.53. The minimum absolute atomic E-state index is 0.0190. The molecule has 3 rings (SSSR count). The first-order valence-corrected chi connectivity index (χ1v) is 9.66. The molecule has 0 radical (unpaired) electrons. The average Bonchev–Trinajstić information content (AvgIpc) is 2.58. The molecular formula is C21H22N2O2S. The predicted octanol–water partition coefficient (Wildman–Crippen LogP) is 4.33. The van der Waals surface area contributed by atoms with E-state index < -0.39 is 0 Å². The molecule has 0 spiro atoms. The molecule has 26 heavy (non-hydrogen) atoms. The van der Waals surface area contributed by atoms with Crippen LogP contribution in [0.4, 0.5) is 5.69 Å². The molecule has 2 N–H and O–H groups in total. The van der Waals surface area contributed by atoms with E-state index in [9.17, 15) is 9.59 Å². The second-order valence-corrected chi connectivity index (χ2v) is 7.50. The molecule has 5 heteroatoms. The zero-order chi connectivity index (χ0) is 18.7. The summed E-state index contributed by atoms with van der Waals surface area (Å²) < 4.78 is 0. The van der Waals surface area contributed by atoms with Crippen molar-refractivity contribution >= 4 is 34.3 Å². The van der Waals surface area contributed by atoms with Gasteiger partial charge in [-0.15, -0.1) is 11.8 Å². The summed E-state index contributed by atoms with van der Waals surface area (Å²) in [5.41, 5.74) is 5.74. The summed E-state index contributed by atoms with van der Waals surface area (Å²) in [7, 11) is 0. The van der Waals surface area contributed by atoms with Gasteiger partial charge >= 0.3 is 0 Å². The summed E-state index contributed by atoms with van der Waals surface area (Å²) in [6, 6.07) is 13.3. The Labute approximate surface area is 157 Å². The number of H-pyrrole nitrogens is 1. The van der Waals surface area contributed by atoms with Gasteiger partial charge in [-0.05, 0) is 49.6 Å². The number of thioether (sulfide) groups is 1. The number of benzene rings is 2. The van der Waals surface area contributed by atoms with Crippen molar-refractivity contribution in [3.8, 4) is 0 Å². The Morgan fingerprint density at radius 1 is 1.08 bits per heavy atom. The van der Waals surface area contributed by atoms with Gasteiger partial charge < -0.3 is 10.3 Å². The van der Waals surface area contributed by atoms with Crippen molar-refractivity contribution in [2.24, 2.45) is 0 Å². The smallest absolute Gasteiger partial charge is 0.234 e. The molecule has 1 amide bonds. The van der Waals surface area contributed by atoms with Gasteiger partial charge in [-0.2, -0.15) is 0 Å². The van der Waals surface area contributed by atoms with Crippen LogP contribution in [0.5, 0.6) is 0 Å². The Morgan fingerprint density at radius 3 is 2.62 bits per heavy atom. The molecule has 0 saturated carbocycles. The number of anilines is 1. The standard InChI is InChI=1S/C21H22N2O2S/c1-13-8-15(3)21-17(9-13)19(24)10-16(22-21)11-26-12-20(25)23-18-7-5-4-6-14(18)2/h4-10H,11-12H2,1-3H3,(H,22,24)(H,23,25). The van der Waals surface area contributed by atoms with Gasteiger partial charge in [-0.25, -0.2) is 0 Å². The minimum atomic E-state index is -0.0424. The molecule has 1 heterocycles. The molecule has 0 atom stereocenters. The van der Waals surface area contributed by atoms with Crippen molar-refractivity contribution in [1.29, 1.82) is 0 Å². The van der Waals surface area contributed by atoms with Crippen LogP contribution in [0.3, 0.4) is 0 Å². The number of hydrogen-bond donors (Lipinski definition) is 2. The van der Waals surface area contributed by atoms with Crippen LogP contribution in [-0.4, -0.2) is 16.6 Å². The summed E-state index contributed by atoms with van der Waals surface area (Å²) in [5.74, 6) is 0.875. The van der Waals surface area contributed by atoms with Crippen molar-refractivity contribution in [2.45, 2.75) is 26.5 Å². The van der Waals surface area contributed by atoms with Gasteiger partial charge in [0.05, 0.1) is 11.3 Å². The van der Waals surface area contributed by atoms with E-state index in [1.54, 1.807) is 6.07 Å². The predicted molar refractivity (Wildman–Crippen MR) is 110 cm³/mol. The number of pyridine rings is 1. The van der Waals surface area contributed by atoms with Crippen LogP contribution in [-0.2, 0) is 10.5 Å². The second kappa shape index (κ2) is 7.79. The number of fused-ring (bicyclic) bond motifs is 1. The second-order valence-electron chi connectivity index (χ2n) is 6.52. The van der Waals surface area contributed by atoms with Gasteiger partial charge in [-0.1, -0.05) is 24.3 Å². The van der Waals surface area contributed by atoms with Crippen molar-refractivity contribution in [2.75, 3.05) is 11.1 Å². The molecule has 134 valence electrons. The molecule has 0 fully saturated rings. The molecule has 0 saturated heterocycles. The highest BCUT2D eigenvalue weighted by atomic mass is 32.2. The topological polar surface area (TPSA) is 62.0 Å². The number of carbonyl (C=O) groups is 1. The van der Waals surface area contributed by atoms with E-state index in [1.807, 2.05) is 51.1 Å². The van der Waals surface area contributed by atoms with E-state index in [1.165, 1.54) is 11.8 Å². The maximum Gasteiger partial charge on any atom is 0.234 e. The fraction of sp³-hybridized carbons (Fsp3) is 0.238. The van der Waals surface area contributed by atoms with Crippen molar-refractivity contribution < 1.29 is 4.79 Å². The highest BCUT2D eigenvalue weighted by Crippen LogP contribution is 2.19. The zero-order valence-corrected chi connectivity index (χ0v) is 16.0. The lowest BCUT2D eigenvalue weighted by Crippen LogP contribution is -2.15.